The van der Waals surface area contributed by atoms with Crippen molar-refractivity contribution in [1.82, 2.24) is 15.3 Å². The largest absolute Gasteiger partial charge is 0.358 e. The average molecular weight is 341 g/mol. The number of aromatic nitrogens is 2. The molecule has 8 heteroatoms. The van der Waals surface area contributed by atoms with Crippen molar-refractivity contribution in [2.75, 3.05) is 11.9 Å². The second kappa shape index (κ2) is 7.25. The predicted molar refractivity (Wildman–Crippen MR) is 93.2 cm³/mol. The van der Waals surface area contributed by atoms with Gasteiger partial charge in [-0.25, -0.2) is 9.97 Å². The fourth-order valence-electron chi connectivity index (χ4n) is 2.70. The van der Waals surface area contributed by atoms with Gasteiger partial charge in [0.2, 0.25) is 5.91 Å². The molecule has 25 heavy (non-hydrogen) atoms. The summed E-state index contributed by atoms with van der Waals surface area (Å²) in [5, 5.41) is 16.8. The quantitative estimate of drug-likeness (QED) is 0.638. The predicted octanol–water partition coefficient (Wildman–Crippen LogP) is 2.30. The zero-order valence-corrected chi connectivity index (χ0v) is 13.9. The van der Waals surface area contributed by atoms with Gasteiger partial charge in [-0.15, -0.1) is 0 Å². The lowest BCUT2D eigenvalue weighted by Crippen LogP contribution is -2.44. The van der Waals surface area contributed by atoms with E-state index in [-0.39, 0.29) is 17.6 Å². The van der Waals surface area contributed by atoms with Gasteiger partial charge in [0.25, 0.3) is 5.69 Å². The highest BCUT2D eigenvalue weighted by molar-refractivity contribution is 5.85. The number of benzene rings is 1. The van der Waals surface area contributed by atoms with Crippen LogP contribution in [0.1, 0.15) is 25.5 Å². The fourth-order valence-corrected chi connectivity index (χ4v) is 2.70. The van der Waals surface area contributed by atoms with E-state index in [0.29, 0.717) is 30.2 Å². The van der Waals surface area contributed by atoms with Gasteiger partial charge in [-0.05, 0) is 31.4 Å². The molecule has 1 atom stereocenters. The number of aryl methyl sites for hydroxylation is 1. The van der Waals surface area contributed by atoms with Crippen molar-refractivity contribution in [1.29, 1.82) is 0 Å². The molecule has 1 fully saturated rings. The summed E-state index contributed by atoms with van der Waals surface area (Å²) >= 11 is 0. The molecule has 1 amide bonds. The molecule has 1 aliphatic heterocycles. The maximum atomic E-state index is 11.9. The Morgan fingerprint density at radius 1 is 1.32 bits per heavy atom. The molecule has 1 aromatic carbocycles. The summed E-state index contributed by atoms with van der Waals surface area (Å²) in [6, 6.07) is 7.64. The van der Waals surface area contributed by atoms with Crippen LogP contribution in [0.4, 0.5) is 11.5 Å². The minimum absolute atomic E-state index is 0.0209. The third kappa shape index (κ3) is 3.90. The fraction of sp³-hybridized carbons (Fsp3) is 0.353. The molecule has 3 rings (SSSR count). The van der Waals surface area contributed by atoms with Crippen molar-refractivity contribution in [3.63, 3.8) is 0 Å². The van der Waals surface area contributed by atoms with Crippen molar-refractivity contribution >= 4 is 17.4 Å². The summed E-state index contributed by atoms with van der Waals surface area (Å²) in [7, 11) is 0. The van der Waals surface area contributed by atoms with Gasteiger partial charge in [-0.3, -0.25) is 14.9 Å². The van der Waals surface area contributed by atoms with E-state index < -0.39 is 4.92 Å². The van der Waals surface area contributed by atoms with E-state index in [1.54, 1.807) is 12.1 Å². The zero-order chi connectivity index (χ0) is 17.8. The van der Waals surface area contributed by atoms with Gasteiger partial charge in [0.05, 0.1) is 4.92 Å². The normalized spacial score (nSPS) is 17.0. The van der Waals surface area contributed by atoms with Crippen LogP contribution < -0.4 is 10.6 Å². The Balaban J connectivity index is 1.89. The van der Waals surface area contributed by atoms with Crippen LogP contribution in [0, 0.1) is 10.1 Å². The first-order chi connectivity index (χ1) is 12.1. The highest BCUT2D eigenvalue weighted by Gasteiger charge is 2.22. The number of rotatable bonds is 5. The highest BCUT2D eigenvalue weighted by atomic mass is 16.6. The molecule has 2 heterocycles. The molecule has 0 spiro atoms. The van der Waals surface area contributed by atoms with E-state index in [2.05, 4.69) is 20.6 Å². The molecule has 1 saturated heterocycles. The molecular formula is C17H19N5O3. The molecule has 8 nitrogen and oxygen atoms in total. The Morgan fingerprint density at radius 3 is 2.72 bits per heavy atom. The van der Waals surface area contributed by atoms with Crippen LogP contribution in [-0.4, -0.2) is 33.4 Å². The van der Waals surface area contributed by atoms with Crippen molar-refractivity contribution in [3.8, 4) is 11.4 Å². The van der Waals surface area contributed by atoms with Gasteiger partial charge in [0, 0.05) is 36.0 Å². The second-order valence-corrected chi connectivity index (χ2v) is 5.86. The molecule has 0 radical (unpaired) electrons. The lowest BCUT2D eigenvalue weighted by molar-refractivity contribution is -0.384. The topological polar surface area (TPSA) is 110 Å². The maximum absolute atomic E-state index is 11.9. The van der Waals surface area contributed by atoms with Crippen LogP contribution >= 0.6 is 0 Å². The number of anilines is 1. The van der Waals surface area contributed by atoms with Crippen molar-refractivity contribution in [2.24, 2.45) is 0 Å². The van der Waals surface area contributed by atoms with Gasteiger partial charge in [0.1, 0.15) is 11.9 Å². The summed E-state index contributed by atoms with van der Waals surface area (Å²) in [5.41, 5.74) is 1.55. The summed E-state index contributed by atoms with van der Waals surface area (Å²) < 4.78 is 0. The number of nitrogens with one attached hydrogen (secondary N) is 2. The molecule has 2 N–H and O–H groups in total. The van der Waals surface area contributed by atoms with Gasteiger partial charge in [0.15, 0.2) is 5.82 Å². The Morgan fingerprint density at radius 2 is 2.08 bits per heavy atom. The van der Waals surface area contributed by atoms with Crippen LogP contribution in [0.2, 0.25) is 0 Å². The van der Waals surface area contributed by atoms with Crippen LogP contribution in [0.15, 0.2) is 30.3 Å². The van der Waals surface area contributed by atoms with Gasteiger partial charge < -0.3 is 10.6 Å². The van der Waals surface area contributed by atoms with Crippen molar-refractivity contribution in [3.05, 3.63) is 46.1 Å². The zero-order valence-electron chi connectivity index (χ0n) is 13.9. The maximum Gasteiger partial charge on any atom is 0.269 e. The summed E-state index contributed by atoms with van der Waals surface area (Å²) in [4.78, 5) is 31.2. The Labute approximate surface area is 144 Å². The number of nitro groups is 1. The first-order valence-corrected chi connectivity index (χ1v) is 8.24. The van der Waals surface area contributed by atoms with Crippen LogP contribution in [0.5, 0.6) is 0 Å². The summed E-state index contributed by atoms with van der Waals surface area (Å²) in [6.45, 7) is 2.69. The third-order valence-corrected chi connectivity index (χ3v) is 4.09. The van der Waals surface area contributed by atoms with Crippen LogP contribution in [0.3, 0.4) is 0 Å². The minimum Gasteiger partial charge on any atom is -0.358 e. The van der Waals surface area contributed by atoms with E-state index in [4.69, 9.17) is 0 Å². The number of hydrogen-bond donors (Lipinski definition) is 2. The van der Waals surface area contributed by atoms with E-state index in [0.717, 1.165) is 18.5 Å². The third-order valence-electron chi connectivity index (χ3n) is 4.09. The molecule has 130 valence electrons. The number of carbonyl (C=O) groups excluding carboxylic acids is 1. The van der Waals surface area contributed by atoms with E-state index in [1.165, 1.54) is 12.1 Å². The molecule has 1 aliphatic rings. The van der Waals surface area contributed by atoms with Crippen molar-refractivity contribution < 1.29 is 9.72 Å². The lowest BCUT2D eigenvalue weighted by atomic mass is 10.1. The summed E-state index contributed by atoms with van der Waals surface area (Å²) in [5.74, 6) is 1.04. The standard InChI is InChI=1S/C17H19N5O3/c1-2-12-10-15(20-14-4-3-9-18-17(14)23)21-16(19-12)11-5-7-13(8-6-11)22(24)25/h5-8,10,14H,2-4,9H2,1H3,(H,18,23)(H,19,20,21)/t14-/m1/s1. The molecular weight excluding hydrogens is 322 g/mol. The number of nitro benzene ring substituents is 1. The van der Waals surface area contributed by atoms with Crippen molar-refractivity contribution in [2.45, 2.75) is 32.2 Å². The minimum atomic E-state index is -0.443. The average Bonchev–Trinajstić information content (AvgIpc) is 2.63. The molecule has 1 aromatic heterocycles. The molecule has 0 aliphatic carbocycles. The molecule has 0 unspecified atom stereocenters. The van der Waals surface area contributed by atoms with E-state index >= 15 is 0 Å². The lowest BCUT2D eigenvalue weighted by Gasteiger charge is -2.23. The molecule has 2 aromatic rings. The first kappa shape index (κ1) is 16.8. The molecule has 0 bridgehead atoms. The number of hydrogen-bond acceptors (Lipinski definition) is 6. The van der Waals surface area contributed by atoms with Gasteiger partial charge in [-0.1, -0.05) is 6.92 Å². The number of non-ortho nitro benzene ring substituents is 1. The molecule has 0 saturated carbocycles. The first-order valence-electron chi connectivity index (χ1n) is 8.24. The number of piperidine rings is 1. The second-order valence-electron chi connectivity index (χ2n) is 5.86. The Bertz CT molecular complexity index is 791. The summed E-state index contributed by atoms with van der Waals surface area (Å²) in [6.07, 6.45) is 2.39. The van der Waals surface area contributed by atoms with E-state index in [1.807, 2.05) is 13.0 Å². The highest BCUT2D eigenvalue weighted by Crippen LogP contribution is 2.22. The Kier molecular flexibility index (Phi) is 4.87. The Hall–Kier alpha value is -3.03. The number of nitrogens with zero attached hydrogens (tertiary/aromatic N) is 3. The number of carbonyl (C=O) groups is 1. The van der Waals surface area contributed by atoms with Crippen LogP contribution in [-0.2, 0) is 11.2 Å². The smallest absolute Gasteiger partial charge is 0.269 e. The van der Waals surface area contributed by atoms with Gasteiger partial charge in [-0.2, -0.15) is 0 Å². The van der Waals surface area contributed by atoms with Crippen LogP contribution in [0.25, 0.3) is 11.4 Å². The number of amides is 1. The van der Waals surface area contributed by atoms with E-state index in [9.17, 15) is 14.9 Å². The SMILES string of the molecule is CCc1cc(N[C@@H]2CCCNC2=O)nc(-c2ccc([N+](=O)[O-])cc2)n1. The monoisotopic (exact) mass is 341 g/mol. The van der Waals surface area contributed by atoms with Gasteiger partial charge >= 0.3 is 0 Å².